The molecule has 2 aromatic rings. The SMILES string of the molecule is COc1ccc(NC(=O)[C@@H](C)SCc2cc(OC)c(Br)cc2OC)cc1. The zero-order chi connectivity index (χ0) is 19.1. The lowest BCUT2D eigenvalue weighted by Gasteiger charge is -2.15. The molecule has 0 unspecified atom stereocenters. The molecular weight excluding hydrogens is 418 g/mol. The van der Waals surface area contributed by atoms with Crippen LogP contribution in [-0.4, -0.2) is 32.5 Å². The van der Waals surface area contributed by atoms with Crippen LogP contribution in [0.1, 0.15) is 12.5 Å². The number of hydrogen-bond acceptors (Lipinski definition) is 5. The maximum absolute atomic E-state index is 12.4. The number of benzene rings is 2. The van der Waals surface area contributed by atoms with Crippen LogP contribution >= 0.6 is 27.7 Å². The summed E-state index contributed by atoms with van der Waals surface area (Å²) < 4.78 is 16.7. The van der Waals surface area contributed by atoms with Gasteiger partial charge in [-0.3, -0.25) is 4.79 Å². The summed E-state index contributed by atoms with van der Waals surface area (Å²) in [5, 5.41) is 2.69. The van der Waals surface area contributed by atoms with Crippen LogP contribution in [0.2, 0.25) is 0 Å². The molecule has 5 nitrogen and oxygen atoms in total. The smallest absolute Gasteiger partial charge is 0.237 e. The zero-order valence-electron chi connectivity index (χ0n) is 15.2. The number of carbonyl (C=O) groups excluding carboxylic acids is 1. The van der Waals surface area contributed by atoms with Crippen molar-refractivity contribution in [3.05, 3.63) is 46.4 Å². The Morgan fingerprint density at radius 3 is 2.31 bits per heavy atom. The maximum atomic E-state index is 12.4. The third-order valence-corrected chi connectivity index (χ3v) is 5.58. The highest BCUT2D eigenvalue weighted by Crippen LogP contribution is 2.35. The minimum atomic E-state index is -0.226. The first-order valence-electron chi connectivity index (χ1n) is 7.95. The summed E-state index contributed by atoms with van der Waals surface area (Å²) in [4.78, 5) is 12.4. The van der Waals surface area contributed by atoms with Gasteiger partial charge in [-0.1, -0.05) is 0 Å². The molecule has 1 atom stereocenters. The molecule has 26 heavy (non-hydrogen) atoms. The molecule has 2 aromatic carbocycles. The molecular formula is C19H22BrNO4S. The van der Waals surface area contributed by atoms with Crippen LogP contribution in [0.4, 0.5) is 5.69 Å². The number of thioether (sulfide) groups is 1. The van der Waals surface area contributed by atoms with Crippen molar-refractivity contribution >= 4 is 39.3 Å². The van der Waals surface area contributed by atoms with Crippen LogP contribution in [0.3, 0.4) is 0 Å². The van der Waals surface area contributed by atoms with Crippen molar-refractivity contribution in [2.45, 2.75) is 17.9 Å². The Morgan fingerprint density at radius 1 is 1.08 bits per heavy atom. The number of methoxy groups -OCH3 is 3. The van der Waals surface area contributed by atoms with Gasteiger partial charge in [0.1, 0.15) is 17.2 Å². The quantitative estimate of drug-likeness (QED) is 0.643. The van der Waals surface area contributed by atoms with Gasteiger partial charge in [-0.25, -0.2) is 0 Å². The van der Waals surface area contributed by atoms with Gasteiger partial charge in [0.25, 0.3) is 0 Å². The van der Waals surface area contributed by atoms with E-state index in [1.54, 1.807) is 21.3 Å². The molecule has 7 heteroatoms. The van der Waals surface area contributed by atoms with Crippen molar-refractivity contribution in [3.8, 4) is 17.2 Å². The van der Waals surface area contributed by atoms with Gasteiger partial charge in [0, 0.05) is 17.0 Å². The second-order valence-corrected chi connectivity index (χ2v) is 7.65. The average Bonchev–Trinajstić information content (AvgIpc) is 2.66. The Morgan fingerprint density at radius 2 is 1.73 bits per heavy atom. The molecule has 0 saturated heterocycles. The van der Waals surface area contributed by atoms with Gasteiger partial charge in [0.2, 0.25) is 5.91 Å². The number of ether oxygens (including phenoxy) is 3. The van der Waals surface area contributed by atoms with Gasteiger partial charge in [-0.05, 0) is 59.3 Å². The van der Waals surface area contributed by atoms with Crippen molar-refractivity contribution in [1.29, 1.82) is 0 Å². The highest BCUT2D eigenvalue weighted by atomic mass is 79.9. The summed E-state index contributed by atoms with van der Waals surface area (Å²) in [6.45, 7) is 1.88. The number of amides is 1. The molecule has 0 aromatic heterocycles. The first-order chi connectivity index (χ1) is 12.5. The van der Waals surface area contributed by atoms with Crippen LogP contribution in [-0.2, 0) is 10.5 Å². The molecule has 0 aliphatic carbocycles. The van der Waals surface area contributed by atoms with Crippen molar-refractivity contribution in [2.75, 3.05) is 26.6 Å². The van der Waals surface area contributed by atoms with Crippen LogP contribution < -0.4 is 19.5 Å². The topological polar surface area (TPSA) is 56.8 Å². The molecule has 0 spiro atoms. The van der Waals surface area contributed by atoms with Crippen LogP contribution in [0.15, 0.2) is 40.9 Å². The third-order valence-electron chi connectivity index (χ3n) is 3.77. The summed E-state index contributed by atoms with van der Waals surface area (Å²) >= 11 is 4.98. The van der Waals surface area contributed by atoms with Crippen molar-refractivity contribution in [2.24, 2.45) is 0 Å². The molecule has 0 aliphatic heterocycles. The number of hydrogen-bond donors (Lipinski definition) is 1. The van der Waals surface area contributed by atoms with Crippen molar-refractivity contribution in [3.63, 3.8) is 0 Å². The van der Waals surface area contributed by atoms with Gasteiger partial charge < -0.3 is 19.5 Å². The fourth-order valence-corrected chi connectivity index (χ4v) is 3.59. The molecule has 1 N–H and O–H groups in total. The largest absolute Gasteiger partial charge is 0.497 e. The summed E-state index contributed by atoms with van der Waals surface area (Å²) in [5.74, 6) is 2.82. The van der Waals surface area contributed by atoms with E-state index in [-0.39, 0.29) is 11.2 Å². The fraction of sp³-hybridized carbons (Fsp3) is 0.316. The van der Waals surface area contributed by atoms with E-state index < -0.39 is 0 Å². The van der Waals surface area contributed by atoms with Gasteiger partial charge in [0.15, 0.2) is 0 Å². The highest BCUT2D eigenvalue weighted by Gasteiger charge is 2.16. The summed E-state index contributed by atoms with van der Waals surface area (Å²) in [7, 11) is 4.86. The molecule has 1 amide bonds. The molecule has 0 fully saturated rings. The molecule has 0 radical (unpaired) electrons. The van der Waals surface area contributed by atoms with E-state index in [4.69, 9.17) is 14.2 Å². The molecule has 140 valence electrons. The van der Waals surface area contributed by atoms with E-state index in [2.05, 4.69) is 21.2 Å². The summed E-state index contributed by atoms with van der Waals surface area (Å²) in [6, 6.07) is 11.0. The Labute approximate surface area is 166 Å². The van der Waals surface area contributed by atoms with E-state index >= 15 is 0 Å². The summed E-state index contributed by atoms with van der Waals surface area (Å²) in [5.41, 5.74) is 1.72. The van der Waals surface area contributed by atoms with E-state index in [1.165, 1.54) is 11.8 Å². The minimum absolute atomic E-state index is 0.0526. The number of anilines is 1. The number of rotatable bonds is 8. The lowest BCUT2D eigenvalue weighted by Crippen LogP contribution is -2.22. The zero-order valence-corrected chi connectivity index (χ0v) is 17.6. The average molecular weight is 440 g/mol. The highest BCUT2D eigenvalue weighted by molar-refractivity contribution is 9.10. The van der Waals surface area contributed by atoms with Crippen LogP contribution in [0, 0.1) is 0 Å². The van der Waals surface area contributed by atoms with Crippen LogP contribution in [0.25, 0.3) is 0 Å². The molecule has 2 rings (SSSR count). The lowest BCUT2D eigenvalue weighted by molar-refractivity contribution is -0.115. The predicted molar refractivity (Wildman–Crippen MR) is 110 cm³/mol. The minimum Gasteiger partial charge on any atom is -0.497 e. The normalized spacial score (nSPS) is 11.6. The Kier molecular flexibility index (Phi) is 7.66. The van der Waals surface area contributed by atoms with E-state index in [0.717, 1.165) is 33.0 Å². The van der Waals surface area contributed by atoms with Crippen molar-refractivity contribution < 1.29 is 19.0 Å². The monoisotopic (exact) mass is 439 g/mol. The predicted octanol–water partition coefficient (Wildman–Crippen LogP) is 4.74. The van der Waals surface area contributed by atoms with Gasteiger partial charge in [-0.15, -0.1) is 11.8 Å². The van der Waals surface area contributed by atoms with Gasteiger partial charge >= 0.3 is 0 Å². The van der Waals surface area contributed by atoms with Gasteiger partial charge in [0.05, 0.1) is 31.1 Å². The number of halogens is 1. The van der Waals surface area contributed by atoms with Gasteiger partial charge in [-0.2, -0.15) is 0 Å². The standard InChI is InChI=1S/C19H22BrNO4S/c1-12(19(22)21-14-5-7-15(23-2)8-6-14)26-11-13-9-18(25-4)16(20)10-17(13)24-3/h5-10,12H,11H2,1-4H3,(H,21,22)/t12-/m1/s1. The Bertz CT molecular complexity index is 752. The molecule has 0 heterocycles. The Balaban J connectivity index is 1.98. The van der Waals surface area contributed by atoms with E-state index in [0.29, 0.717) is 5.75 Å². The fourth-order valence-electron chi connectivity index (χ4n) is 2.25. The Hall–Kier alpha value is -1.86. The summed E-state index contributed by atoms with van der Waals surface area (Å²) in [6.07, 6.45) is 0. The maximum Gasteiger partial charge on any atom is 0.237 e. The molecule has 0 aliphatic rings. The van der Waals surface area contributed by atoms with Crippen LogP contribution in [0.5, 0.6) is 17.2 Å². The third kappa shape index (κ3) is 5.32. The molecule has 0 saturated carbocycles. The first kappa shape index (κ1) is 20.5. The number of carbonyl (C=O) groups is 1. The van der Waals surface area contributed by atoms with E-state index in [1.807, 2.05) is 43.3 Å². The second kappa shape index (κ2) is 9.73. The van der Waals surface area contributed by atoms with E-state index in [9.17, 15) is 4.79 Å². The van der Waals surface area contributed by atoms with Crippen molar-refractivity contribution in [1.82, 2.24) is 0 Å². The first-order valence-corrected chi connectivity index (χ1v) is 9.79. The number of nitrogens with one attached hydrogen (secondary N) is 1. The second-order valence-electron chi connectivity index (χ2n) is 5.47. The molecule has 0 bridgehead atoms. The lowest BCUT2D eigenvalue weighted by atomic mass is 10.2.